The number of rotatable bonds is 5. The lowest BCUT2D eigenvalue weighted by Crippen LogP contribution is -2.29. The molecule has 7 nitrogen and oxygen atoms in total. The van der Waals surface area contributed by atoms with E-state index in [1.54, 1.807) is 35.1 Å². The monoisotopic (exact) mass is 494 g/mol. The molecule has 2 fully saturated rings. The van der Waals surface area contributed by atoms with Crippen molar-refractivity contribution in [2.75, 3.05) is 5.32 Å². The van der Waals surface area contributed by atoms with Gasteiger partial charge in [-0.15, -0.1) is 0 Å². The SMILES string of the molecule is Cc1ccc2nc(NC3CCC(C)CC3)c(/C=C3/SC(=S)N(Cc4ccco4)C3=O)c(=O)n2c1. The fraction of sp³-hybridized carbons (Fsp3) is 0.360. The smallest absolute Gasteiger partial charge is 0.267 e. The van der Waals surface area contributed by atoms with Gasteiger partial charge in [0, 0.05) is 12.2 Å². The summed E-state index contributed by atoms with van der Waals surface area (Å²) in [6, 6.07) is 7.61. The number of pyridine rings is 1. The number of nitrogens with zero attached hydrogens (tertiary/aromatic N) is 3. The average molecular weight is 495 g/mol. The van der Waals surface area contributed by atoms with Crippen LogP contribution in [0, 0.1) is 12.8 Å². The van der Waals surface area contributed by atoms with Crippen LogP contribution in [0.15, 0.2) is 50.8 Å². The first-order valence-corrected chi connectivity index (χ1v) is 12.7. The van der Waals surface area contributed by atoms with Crippen molar-refractivity contribution in [2.24, 2.45) is 5.92 Å². The Kier molecular flexibility index (Phi) is 6.31. The van der Waals surface area contributed by atoms with Crippen LogP contribution in [-0.4, -0.2) is 30.6 Å². The molecule has 176 valence electrons. The molecule has 1 amide bonds. The number of carbonyl (C=O) groups is 1. The number of hydrogen-bond donors (Lipinski definition) is 1. The number of fused-ring (bicyclic) bond motifs is 1. The van der Waals surface area contributed by atoms with Crippen LogP contribution in [0.25, 0.3) is 11.7 Å². The number of nitrogens with one attached hydrogen (secondary N) is 1. The van der Waals surface area contributed by atoms with Gasteiger partial charge in [0.25, 0.3) is 11.5 Å². The molecule has 0 atom stereocenters. The highest BCUT2D eigenvalue weighted by Gasteiger charge is 2.33. The van der Waals surface area contributed by atoms with Crippen LogP contribution in [-0.2, 0) is 11.3 Å². The third-order valence-electron chi connectivity index (χ3n) is 6.41. The minimum absolute atomic E-state index is 0.211. The van der Waals surface area contributed by atoms with E-state index < -0.39 is 0 Å². The maximum Gasteiger partial charge on any atom is 0.267 e. The number of carbonyl (C=O) groups excluding carboxylic acids is 1. The van der Waals surface area contributed by atoms with Gasteiger partial charge in [-0.05, 0) is 68.4 Å². The summed E-state index contributed by atoms with van der Waals surface area (Å²) in [5.74, 6) is 1.64. The van der Waals surface area contributed by atoms with Crippen molar-refractivity contribution < 1.29 is 9.21 Å². The Morgan fingerprint density at radius 1 is 1.24 bits per heavy atom. The van der Waals surface area contributed by atoms with E-state index in [9.17, 15) is 9.59 Å². The van der Waals surface area contributed by atoms with Gasteiger partial charge >= 0.3 is 0 Å². The zero-order chi connectivity index (χ0) is 23.8. The Hall–Kier alpha value is -2.91. The van der Waals surface area contributed by atoms with Crippen molar-refractivity contribution in [3.05, 3.63) is 68.9 Å². The minimum Gasteiger partial charge on any atom is -0.467 e. The molecule has 3 aromatic rings. The van der Waals surface area contributed by atoms with Crippen LogP contribution < -0.4 is 10.9 Å². The number of aryl methyl sites for hydroxylation is 1. The summed E-state index contributed by atoms with van der Waals surface area (Å²) in [5, 5.41) is 3.51. The molecule has 4 heterocycles. The summed E-state index contributed by atoms with van der Waals surface area (Å²) >= 11 is 6.65. The Labute approximate surface area is 207 Å². The van der Waals surface area contributed by atoms with Gasteiger partial charge in [0.15, 0.2) is 0 Å². The van der Waals surface area contributed by atoms with Gasteiger partial charge in [-0.3, -0.25) is 18.9 Å². The van der Waals surface area contributed by atoms with Gasteiger partial charge in [-0.2, -0.15) is 0 Å². The second kappa shape index (κ2) is 9.38. The van der Waals surface area contributed by atoms with Crippen molar-refractivity contribution in [3.63, 3.8) is 0 Å². The van der Waals surface area contributed by atoms with E-state index in [1.807, 2.05) is 19.1 Å². The molecule has 1 saturated carbocycles. The number of anilines is 1. The lowest BCUT2D eigenvalue weighted by atomic mass is 9.87. The van der Waals surface area contributed by atoms with Gasteiger partial charge in [-0.1, -0.05) is 37.0 Å². The molecule has 9 heteroatoms. The van der Waals surface area contributed by atoms with Crippen molar-refractivity contribution in [1.82, 2.24) is 14.3 Å². The van der Waals surface area contributed by atoms with Gasteiger partial charge in [-0.25, -0.2) is 4.98 Å². The zero-order valence-electron chi connectivity index (χ0n) is 19.1. The van der Waals surface area contributed by atoms with Gasteiger partial charge in [0.05, 0.1) is 23.3 Å². The molecular weight excluding hydrogens is 468 g/mol. The van der Waals surface area contributed by atoms with Crippen LogP contribution in [0.1, 0.15) is 49.5 Å². The first-order chi connectivity index (χ1) is 16.4. The largest absolute Gasteiger partial charge is 0.467 e. The minimum atomic E-state index is -0.238. The van der Waals surface area contributed by atoms with E-state index in [1.165, 1.54) is 16.7 Å². The fourth-order valence-electron chi connectivity index (χ4n) is 4.42. The van der Waals surface area contributed by atoms with Crippen molar-refractivity contribution in [1.29, 1.82) is 0 Å². The molecule has 0 aromatic carbocycles. The van der Waals surface area contributed by atoms with Gasteiger partial charge in [0.2, 0.25) is 0 Å². The molecule has 0 unspecified atom stereocenters. The highest BCUT2D eigenvalue weighted by Crippen LogP contribution is 2.34. The van der Waals surface area contributed by atoms with Gasteiger partial charge in [0.1, 0.15) is 21.5 Å². The van der Waals surface area contributed by atoms with Crippen LogP contribution in [0.4, 0.5) is 5.82 Å². The second-order valence-electron chi connectivity index (χ2n) is 9.06. The summed E-state index contributed by atoms with van der Waals surface area (Å²) in [5.41, 5.74) is 1.69. The topological polar surface area (TPSA) is 79.8 Å². The maximum atomic E-state index is 13.6. The van der Waals surface area contributed by atoms with E-state index in [-0.39, 0.29) is 24.1 Å². The predicted octanol–water partition coefficient (Wildman–Crippen LogP) is 4.99. The number of hydrogen-bond acceptors (Lipinski definition) is 7. The molecule has 3 aromatic heterocycles. The highest BCUT2D eigenvalue weighted by molar-refractivity contribution is 8.26. The molecule has 0 bridgehead atoms. The molecule has 2 aliphatic rings. The third-order valence-corrected chi connectivity index (χ3v) is 7.78. The normalized spacial score (nSPS) is 22.2. The molecule has 1 aliphatic carbocycles. The van der Waals surface area contributed by atoms with Crippen molar-refractivity contribution in [3.8, 4) is 0 Å². The maximum absolute atomic E-state index is 13.6. The van der Waals surface area contributed by atoms with E-state index >= 15 is 0 Å². The van der Waals surface area contributed by atoms with Crippen LogP contribution >= 0.6 is 24.0 Å². The Bertz CT molecular complexity index is 1340. The number of amides is 1. The number of thioether (sulfide) groups is 1. The standard InChI is InChI=1S/C25H26N4O3S2/c1-15-5-8-17(9-6-15)26-22-19(23(30)28-13-16(2)7-10-21(28)27-22)12-20-24(31)29(25(33)34-20)14-18-4-3-11-32-18/h3-4,7,10-13,15,17,26H,5-6,8-9,14H2,1-2H3/b20-12+. The molecule has 34 heavy (non-hydrogen) atoms. The van der Waals surface area contributed by atoms with E-state index in [4.69, 9.17) is 21.6 Å². The summed E-state index contributed by atoms with van der Waals surface area (Å²) < 4.78 is 7.36. The molecule has 1 aliphatic heterocycles. The van der Waals surface area contributed by atoms with E-state index in [0.717, 1.165) is 31.2 Å². The summed E-state index contributed by atoms with van der Waals surface area (Å²) in [7, 11) is 0. The first-order valence-electron chi connectivity index (χ1n) is 11.5. The summed E-state index contributed by atoms with van der Waals surface area (Å²) in [6.45, 7) is 4.46. The fourth-order valence-corrected chi connectivity index (χ4v) is 5.66. The number of thiocarbonyl (C=S) groups is 1. The third kappa shape index (κ3) is 4.54. The quantitative estimate of drug-likeness (QED) is 0.395. The van der Waals surface area contributed by atoms with Crippen LogP contribution in [0.5, 0.6) is 0 Å². The van der Waals surface area contributed by atoms with Crippen molar-refractivity contribution >= 4 is 51.7 Å². The molecule has 5 rings (SSSR count). The Balaban J connectivity index is 1.53. The zero-order valence-corrected chi connectivity index (χ0v) is 20.7. The Morgan fingerprint density at radius 3 is 2.76 bits per heavy atom. The van der Waals surface area contributed by atoms with Crippen LogP contribution in [0.3, 0.4) is 0 Å². The molecule has 1 N–H and O–H groups in total. The molecule has 0 spiro atoms. The van der Waals surface area contributed by atoms with Gasteiger partial charge < -0.3 is 9.73 Å². The average Bonchev–Trinajstić information content (AvgIpc) is 3.42. The molecular formula is C25H26N4O3S2. The molecule has 1 saturated heterocycles. The van der Waals surface area contributed by atoms with E-state index in [0.29, 0.717) is 37.9 Å². The molecule has 0 radical (unpaired) electrons. The summed E-state index contributed by atoms with van der Waals surface area (Å²) in [4.78, 5) is 33.4. The highest BCUT2D eigenvalue weighted by atomic mass is 32.2. The van der Waals surface area contributed by atoms with Crippen molar-refractivity contribution in [2.45, 2.75) is 52.1 Å². The summed E-state index contributed by atoms with van der Waals surface area (Å²) in [6.07, 6.45) is 9.32. The lowest BCUT2D eigenvalue weighted by molar-refractivity contribution is -0.122. The Morgan fingerprint density at radius 2 is 2.03 bits per heavy atom. The predicted molar refractivity (Wildman–Crippen MR) is 139 cm³/mol. The van der Waals surface area contributed by atoms with E-state index in [2.05, 4.69) is 12.2 Å². The number of aromatic nitrogens is 2. The number of furan rings is 1. The van der Waals surface area contributed by atoms with Crippen LogP contribution in [0.2, 0.25) is 0 Å². The lowest BCUT2D eigenvalue weighted by Gasteiger charge is -2.27. The first kappa shape index (κ1) is 22.9. The second-order valence-corrected chi connectivity index (χ2v) is 10.7.